The van der Waals surface area contributed by atoms with E-state index in [-0.39, 0.29) is 5.60 Å². The molecule has 0 spiro atoms. The quantitative estimate of drug-likeness (QED) is 0.482. The standard InChI is InChI=1S/C15H28O5/c1-11(8-7-9-15(4,5)18-6)10-14(19-12(2)16)20-13(3)17/h11,14H,7-10H2,1-6H3/t11-/m0/s1. The average Bonchev–Trinajstić information content (AvgIpc) is 2.26. The van der Waals surface area contributed by atoms with Gasteiger partial charge in [-0.25, -0.2) is 0 Å². The maximum atomic E-state index is 11.0. The van der Waals surface area contributed by atoms with Crippen molar-refractivity contribution in [1.29, 1.82) is 0 Å². The first-order valence-electron chi connectivity index (χ1n) is 7.06. The third kappa shape index (κ3) is 9.78. The van der Waals surface area contributed by atoms with Crippen molar-refractivity contribution in [1.82, 2.24) is 0 Å². The van der Waals surface area contributed by atoms with Gasteiger partial charge in [0.25, 0.3) is 0 Å². The van der Waals surface area contributed by atoms with Gasteiger partial charge in [0.05, 0.1) is 5.60 Å². The summed E-state index contributed by atoms with van der Waals surface area (Å²) >= 11 is 0. The summed E-state index contributed by atoms with van der Waals surface area (Å²) in [5, 5.41) is 0. The van der Waals surface area contributed by atoms with E-state index >= 15 is 0 Å². The summed E-state index contributed by atoms with van der Waals surface area (Å²) in [7, 11) is 1.71. The van der Waals surface area contributed by atoms with Crippen LogP contribution in [0.5, 0.6) is 0 Å². The van der Waals surface area contributed by atoms with Crippen LogP contribution in [-0.2, 0) is 23.8 Å². The van der Waals surface area contributed by atoms with Crippen molar-refractivity contribution < 1.29 is 23.8 Å². The van der Waals surface area contributed by atoms with Crippen LogP contribution in [0.3, 0.4) is 0 Å². The highest BCUT2D eigenvalue weighted by atomic mass is 16.7. The number of methoxy groups -OCH3 is 1. The largest absolute Gasteiger partial charge is 0.425 e. The molecule has 0 aliphatic carbocycles. The van der Waals surface area contributed by atoms with E-state index in [2.05, 4.69) is 20.8 Å². The molecule has 1 atom stereocenters. The molecule has 0 radical (unpaired) electrons. The Bertz CT molecular complexity index is 295. The molecule has 5 nitrogen and oxygen atoms in total. The molecule has 20 heavy (non-hydrogen) atoms. The number of esters is 2. The van der Waals surface area contributed by atoms with Gasteiger partial charge in [-0.1, -0.05) is 19.8 Å². The van der Waals surface area contributed by atoms with Crippen LogP contribution in [0.2, 0.25) is 0 Å². The molecule has 0 saturated heterocycles. The Hall–Kier alpha value is -1.10. The Labute approximate surface area is 122 Å². The Morgan fingerprint density at radius 1 is 1.10 bits per heavy atom. The van der Waals surface area contributed by atoms with E-state index in [0.29, 0.717) is 12.3 Å². The van der Waals surface area contributed by atoms with Crippen molar-refractivity contribution in [2.75, 3.05) is 7.11 Å². The molecule has 0 unspecified atom stereocenters. The topological polar surface area (TPSA) is 61.8 Å². The van der Waals surface area contributed by atoms with Gasteiger partial charge in [0.1, 0.15) is 0 Å². The fraction of sp³-hybridized carbons (Fsp3) is 0.867. The fourth-order valence-electron chi connectivity index (χ4n) is 1.92. The van der Waals surface area contributed by atoms with E-state index in [1.165, 1.54) is 13.8 Å². The first-order valence-corrected chi connectivity index (χ1v) is 7.06. The Morgan fingerprint density at radius 2 is 1.60 bits per heavy atom. The predicted molar refractivity (Wildman–Crippen MR) is 76.0 cm³/mol. The van der Waals surface area contributed by atoms with E-state index < -0.39 is 18.2 Å². The van der Waals surface area contributed by atoms with Crippen LogP contribution < -0.4 is 0 Å². The molecule has 0 fully saturated rings. The van der Waals surface area contributed by atoms with Crippen molar-refractivity contribution in [3.63, 3.8) is 0 Å². The Morgan fingerprint density at radius 3 is 2.00 bits per heavy atom. The Kier molecular flexibility index (Phi) is 8.46. The first-order chi connectivity index (χ1) is 9.16. The number of ether oxygens (including phenoxy) is 3. The van der Waals surface area contributed by atoms with Crippen LogP contribution >= 0.6 is 0 Å². The maximum Gasteiger partial charge on any atom is 0.305 e. The van der Waals surface area contributed by atoms with Gasteiger partial charge in [0, 0.05) is 27.4 Å². The van der Waals surface area contributed by atoms with Gasteiger partial charge in [0.15, 0.2) is 0 Å². The average molecular weight is 288 g/mol. The van der Waals surface area contributed by atoms with Gasteiger partial charge >= 0.3 is 11.9 Å². The zero-order valence-corrected chi connectivity index (χ0v) is 13.5. The molecule has 0 rings (SSSR count). The van der Waals surface area contributed by atoms with Gasteiger partial charge in [-0.3, -0.25) is 9.59 Å². The van der Waals surface area contributed by atoms with E-state index in [9.17, 15) is 9.59 Å². The van der Waals surface area contributed by atoms with Crippen molar-refractivity contribution >= 4 is 11.9 Å². The van der Waals surface area contributed by atoms with Gasteiger partial charge in [-0.2, -0.15) is 0 Å². The summed E-state index contributed by atoms with van der Waals surface area (Å²) in [6.45, 7) is 8.78. The van der Waals surface area contributed by atoms with Crippen molar-refractivity contribution in [2.24, 2.45) is 5.92 Å². The second-order valence-corrected chi connectivity index (χ2v) is 5.85. The highest BCUT2D eigenvalue weighted by Gasteiger charge is 2.20. The Balaban J connectivity index is 4.14. The monoisotopic (exact) mass is 288 g/mol. The van der Waals surface area contributed by atoms with E-state index in [0.717, 1.165) is 19.3 Å². The first kappa shape index (κ1) is 18.9. The van der Waals surface area contributed by atoms with Gasteiger partial charge in [-0.15, -0.1) is 0 Å². The molecule has 118 valence electrons. The van der Waals surface area contributed by atoms with E-state index in [4.69, 9.17) is 14.2 Å². The second kappa shape index (κ2) is 8.95. The van der Waals surface area contributed by atoms with Gasteiger partial charge in [0.2, 0.25) is 6.29 Å². The third-order valence-corrected chi connectivity index (χ3v) is 3.22. The minimum absolute atomic E-state index is 0.120. The minimum Gasteiger partial charge on any atom is -0.425 e. The van der Waals surface area contributed by atoms with Gasteiger partial charge < -0.3 is 14.2 Å². The van der Waals surface area contributed by atoms with Crippen molar-refractivity contribution in [3.05, 3.63) is 0 Å². The fourth-order valence-corrected chi connectivity index (χ4v) is 1.92. The van der Waals surface area contributed by atoms with Crippen molar-refractivity contribution in [2.45, 2.75) is 72.2 Å². The summed E-state index contributed by atoms with van der Waals surface area (Å²) < 4.78 is 15.4. The third-order valence-electron chi connectivity index (χ3n) is 3.22. The summed E-state index contributed by atoms with van der Waals surface area (Å²) in [5.41, 5.74) is -0.120. The summed E-state index contributed by atoms with van der Waals surface area (Å²) in [5.74, 6) is -0.584. The van der Waals surface area contributed by atoms with E-state index in [1.54, 1.807) is 7.11 Å². The minimum atomic E-state index is -0.782. The molecule has 0 aliphatic heterocycles. The lowest BCUT2D eigenvalue weighted by Gasteiger charge is -2.24. The number of hydrogen-bond donors (Lipinski definition) is 0. The lowest BCUT2D eigenvalue weighted by atomic mass is 9.95. The van der Waals surface area contributed by atoms with Crippen LogP contribution in [-0.4, -0.2) is 30.9 Å². The molecule has 0 aromatic rings. The SMILES string of the molecule is COC(C)(C)CCC[C@H](C)CC(OC(C)=O)OC(C)=O. The van der Waals surface area contributed by atoms with Crippen LogP contribution in [0.4, 0.5) is 0 Å². The van der Waals surface area contributed by atoms with Crippen LogP contribution in [0.1, 0.15) is 60.3 Å². The number of carbonyl (C=O) groups is 2. The molecular weight excluding hydrogens is 260 g/mol. The maximum absolute atomic E-state index is 11.0. The zero-order chi connectivity index (χ0) is 15.8. The summed E-state index contributed by atoms with van der Waals surface area (Å²) in [4.78, 5) is 21.9. The summed E-state index contributed by atoms with van der Waals surface area (Å²) in [6.07, 6.45) is 2.67. The van der Waals surface area contributed by atoms with Crippen molar-refractivity contribution in [3.8, 4) is 0 Å². The predicted octanol–water partition coefficient (Wildman–Crippen LogP) is 3.06. The number of hydrogen-bond acceptors (Lipinski definition) is 5. The number of rotatable bonds is 9. The molecule has 0 heterocycles. The highest BCUT2D eigenvalue weighted by molar-refractivity contribution is 5.68. The zero-order valence-electron chi connectivity index (χ0n) is 13.5. The van der Waals surface area contributed by atoms with Crippen LogP contribution in [0.15, 0.2) is 0 Å². The molecule has 0 aromatic carbocycles. The second-order valence-electron chi connectivity index (χ2n) is 5.85. The van der Waals surface area contributed by atoms with E-state index in [1.807, 2.05) is 0 Å². The molecule has 0 amide bonds. The molecule has 5 heteroatoms. The molecule has 0 saturated carbocycles. The highest BCUT2D eigenvalue weighted by Crippen LogP contribution is 2.22. The van der Waals surface area contributed by atoms with Gasteiger partial charge in [-0.05, 0) is 26.2 Å². The lowest BCUT2D eigenvalue weighted by Crippen LogP contribution is -2.25. The van der Waals surface area contributed by atoms with Crippen LogP contribution in [0.25, 0.3) is 0 Å². The molecule has 0 aliphatic rings. The number of carbonyl (C=O) groups excluding carboxylic acids is 2. The molecule has 0 bridgehead atoms. The smallest absolute Gasteiger partial charge is 0.305 e. The normalized spacial score (nSPS) is 13.2. The lowest BCUT2D eigenvalue weighted by molar-refractivity contribution is -0.187. The summed E-state index contributed by atoms with van der Waals surface area (Å²) in [6, 6.07) is 0. The molecule has 0 N–H and O–H groups in total. The molecular formula is C15H28O5. The molecule has 0 aromatic heterocycles. The van der Waals surface area contributed by atoms with Crippen LogP contribution in [0, 0.1) is 5.92 Å².